The predicted octanol–water partition coefficient (Wildman–Crippen LogP) is 2.47. The SMILES string of the molecule is CNCCN(C)C(=O)C1(c2ccc(Cl)cc2)CC1.Cl. The molecule has 1 amide bonds. The summed E-state index contributed by atoms with van der Waals surface area (Å²) < 4.78 is 0. The van der Waals surface area contributed by atoms with E-state index in [0.717, 1.165) is 31.5 Å². The van der Waals surface area contributed by atoms with Gasteiger partial charge in [0.1, 0.15) is 0 Å². The summed E-state index contributed by atoms with van der Waals surface area (Å²) in [7, 11) is 3.76. The molecule has 1 saturated carbocycles. The molecule has 1 aliphatic carbocycles. The maximum Gasteiger partial charge on any atom is 0.233 e. The highest BCUT2D eigenvalue weighted by molar-refractivity contribution is 6.30. The minimum absolute atomic E-state index is 0. The number of amides is 1. The molecule has 3 nitrogen and oxygen atoms in total. The number of carbonyl (C=O) groups is 1. The van der Waals surface area contributed by atoms with Gasteiger partial charge in [-0.1, -0.05) is 23.7 Å². The van der Waals surface area contributed by atoms with E-state index in [2.05, 4.69) is 5.32 Å². The minimum atomic E-state index is -0.285. The minimum Gasteiger partial charge on any atom is -0.344 e. The average Bonchev–Trinajstić information content (AvgIpc) is 3.17. The van der Waals surface area contributed by atoms with Gasteiger partial charge in [0.2, 0.25) is 5.91 Å². The van der Waals surface area contributed by atoms with Crippen molar-refractivity contribution in [2.75, 3.05) is 27.2 Å². The predicted molar refractivity (Wildman–Crippen MR) is 81.2 cm³/mol. The lowest BCUT2D eigenvalue weighted by Gasteiger charge is -2.23. The standard InChI is InChI=1S/C14H19ClN2O.ClH/c1-16-9-10-17(2)13(18)14(7-8-14)11-3-5-12(15)6-4-11;/h3-6,16H,7-10H2,1-2H3;1H. The van der Waals surface area contributed by atoms with E-state index in [0.29, 0.717) is 5.02 Å². The summed E-state index contributed by atoms with van der Waals surface area (Å²) in [6, 6.07) is 7.66. The highest BCUT2D eigenvalue weighted by atomic mass is 35.5. The Balaban J connectivity index is 0.00000180. The maximum absolute atomic E-state index is 12.5. The smallest absolute Gasteiger partial charge is 0.233 e. The summed E-state index contributed by atoms with van der Waals surface area (Å²) >= 11 is 5.89. The third kappa shape index (κ3) is 3.41. The van der Waals surface area contributed by atoms with Crippen LogP contribution in [0.1, 0.15) is 18.4 Å². The molecule has 2 rings (SSSR count). The third-order valence-electron chi connectivity index (χ3n) is 3.60. The van der Waals surface area contributed by atoms with Gasteiger partial charge in [0, 0.05) is 25.2 Å². The molecule has 0 spiro atoms. The third-order valence-corrected chi connectivity index (χ3v) is 3.85. The van der Waals surface area contributed by atoms with Crippen LogP contribution in [0, 0.1) is 0 Å². The van der Waals surface area contributed by atoms with Crippen molar-refractivity contribution in [3.8, 4) is 0 Å². The number of hydrogen-bond acceptors (Lipinski definition) is 2. The van der Waals surface area contributed by atoms with Crippen LogP contribution in [0.3, 0.4) is 0 Å². The highest BCUT2D eigenvalue weighted by Crippen LogP contribution is 2.49. The van der Waals surface area contributed by atoms with Crippen molar-refractivity contribution in [1.29, 1.82) is 0 Å². The zero-order valence-electron chi connectivity index (χ0n) is 11.3. The number of carbonyl (C=O) groups excluding carboxylic acids is 1. The fourth-order valence-corrected chi connectivity index (χ4v) is 2.39. The zero-order valence-corrected chi connectivity index (χ0v) is 12.9. The van der Waals surface area contributed by atoms with Crippen molar-refractivity contribution in [3.05, 3.63) is 34.9 Å². The van der Waals surface area contributed by atoms with Gasteiger partial charge in [-0.2, -0.15) is 0 Å². The van der Waals surface area contributed by atoms with Crippen LogP contribution in [0.5, 0.6) is 0 Å². The van der Waals surface area contributed by atoms with E-state index in [9.17, 15) is 4.79 Å². The Morgan fingerprint density at radius 3 is 2.42 bits per heavy atom. The van der Waals surface area contributed by atoms with Gasteiger partial charge in [-0.15, -0.1) is 12.4 Å². The Hall–Kier alpha value is -0.770. The molecule has 1 aromatic rings. The molecule has 0 radical (unpaired) electrons. The fraction of sp³-hybridized carbons (Fsp3) is 0.500. The van der Waals surface area contributed by atoms with E-state index >= 15 is 0 Å². The molecule has 0 bridgehead atoms. The average molecular weight is 303 g/mol. The Morgan fingerprint density at radius 2 is 1.95 bits per heavy atom. The first kappa shape index (κ1) is 16.3. The highest BCUT2D eigenvalue weighted by Gasteiger charge is 2.52. The molecule has 0 aliphatic heterocycles. The topological polar surface area (TPSA) is 32.3 Å². The summed E-state index contributed by atoms with van der Waals surface area (Å²) in [5, 5.41) is 3.77. The first-order chi connectivity index (χ1) is 8.60. The molecule has 0 atom stereocenters. The van der Waals surface area contributed by atoms with Crippen molar-refractivity contribution in [2.45, 2.75) is 18.3 Å². The van der Waals surface area contributed by atoms with Gasteiger partial charge in [0.25, 0.3) is 0 Å². The molecule has 0 saturated heterocycles. The Morgan fingerprint density at radius 1 is 1.37 bits per heavy atom. The molecular formula is C14H20Cl2N2O. The van der Waals surface area contributed by atoms with Crippen LogP contribution >= 0.6 is 24.0 Å². The quantitative estimate of drug-likeness (QED) is 0.906. The molecule has 106 valence electrons. The molecule has 0 unspecified atom stereocenters. The van der Waals surface area contributed by atoms with Gasteiger partial charge in [-0.05, 0) is 37.6 Å². The monoisotopic (exact) mass is 302 g/mol. The summed E-state index contributed by atoms with van der Waals surface area (Å²) in [6.45, 7) is 1.56. The van der Waals surface area contributed by atoms with Gasteiger partial charge in [0.15, 0.2) is 0 Å². The van der Waals surface area contributed by atoms with Gasteiger partial charge in [-0.3, -0.25) is 4.79 Å². The summed E-state index contributed by atoms with van der Waals surface area (Å²) in [5.41, 5.74) is 0.806. The van der Waals surface area contributed by atoms with Gasteiger partial charge < -0.3 is 10.2 Å². The molecule has 0 aromatic heterocycles. The maximum atomic E-state index is 12.5. The van der Waals surface area contributed by atoms with E-state index in [1.54, 1.807) is 0 Å². The van der Waals surface area contributed by atoms with Crippen molar-refractivity contribution in [3.63, 3.8) is 0 Å². The largest absolute Gasteiger partial charge is 0.344 e. The summed E-state index contributed by atoms with van der Waals surface area (Å²) in [5.74, 6) is 0.222. The van der Waals surface area contributed by atoms with Gasteiger partial charge in [0.05, 0.1) is 5.41 Å². The van der Waals surface area contributed by atoms with Crippen LogP contribution in [0.15, 0.2) is 24.3 Å². The Bertz CT molecular complexity index is 430. The molecule has 1 N–H and O–H groups in total. The number of nitrogens with one attached hydrogen (secondary N) is 1. The van der Waals surface area contributed by atoms with Gasteiger partial charge >= 0.3 is 0 Å². The second-order valence-corrected chi connectivity index (χ2v) is 5.36. The first-order valence-electron chi connectivity index (χ1n) is 6.26. The molecular weight excluding hydrogens is 283 g/mol. The Kier molecular flexibility index (Phi) is 5.65. The lowest BCUT2D eigenvalue weighted by Crippen LogP contribution is -2.39. The number of hydrogen-bond donors (Lipinski definition) is 1. The number of nitrogens with zero attached hydrogens (tertiary/aromatic N) is 1. The van der Waals surface area contributed by atoms with Crippen molar-refractivity contribution in [2.24, 2.45) is 0 Å². The van der Waals surface area contributed by atoms with Crippen LogP contribution in [-0.2, 0) is 10.2 Å². The second kappa shape index (κ2) is 6.60. The van der Waals surface area contributed by atoms with E-state index in [1.165, 1.54) is 0 Å². The Labute approximate surface area is 125 Å². The van der Waals surface area contributed by atoms with E-state index in [1.807, 2.05) is 43.3 Å². The van der Waals surface area contributed by atoms with E-state index < -0.39 is 0 Å². The molecule has 5 heteroatoms. The van der Waals surface area contributed by atoms with Crippen LogP contribution in [0.2, 0.25) is 5.02 Å². The zero-order chi connectivity index (χ0) is 13.2. The first-order valence-corrected chi connectivity index (χ1v) is 6.64. The number of likely N-dealkylation sites (N-methyl/N-ethyl adjacent to an activating group) is 2. The fourth-order valence-electron chi connectivity index (χ4n) is 2.27. The second-order valence-electron chi connectivity index (χ2n) is 4.92. The number of benzene rings is 1. The van der Waals surface area contributed by atoms with E-state index in [4.69, 9.17) is 11.6 Å². The van der Waals surface area contributed by atoms with Crippen molar-refractivity contribution in [1.82, 2.24) is 10.2 Å². The molecule has 1 aliphatic rings. The lowest BCUT2D eigenvalue weighted by atomic mass is 9.94. The van der Waals surface area contributed by atoms with Crippen LogP contribution in [0.4, 0.5) is 0 Å². The summed E-state index contributed by atoms with van der Waals surface area (Å²) in [6.07, 6.45) is 1.88. The molecule has 19 heavy (non-hydrogen) atoms. The normalized spacial score (nSPS) is 15.5. The van der Waals surface area contributed by atoms with Crippen molar-refractivity contribution < 1.29 is 4.79 Å². The van der Waals surface area contributed by atoms with Gasteiger partial charge in [-0.25, -0.2) is 0 Å². The molecule has 0 heterocycles. The van der Waals surface area contributed by atoms with Crippen LogP contribution in [0.25, 0.3) is 0 Å². The number of halogens is 2. The number of rotatable bonds is 5. The van der Waals surface area contributed by atoms with E-state index in [-0.39, 0.29) is 23.7 Å². The summed E-state index contributed by atoms with van der Waals surface area (Å²) in [4.78, 5) is 14.3. The van der Waals surface area contributed by atoms with Crippen LogP contribution < -0.4 is 5.32 Å². The van der Waals surface area contributed by atoms with Crippen molar-refractivity contribution >= 4 is 29.9 Å². The van der Waals surface area contributed by atoms with Crippen LogP contribution in [-0.4, -0.2) is 38.0 Å². The molecule has 1 fully saturated rings. The lowest BCUT2D eigenvalue weighted by molar-refractivity contribution is -0.132. The molecule has 1 aromatic carbocycles.